The Kier molecular flexibility index (Phi) is 5.39. The Morgan fingerprint density at radius 2 is 1.54 bits per heavy atom. The molecule has 0 N–H and O–H groups in total. The quantitative estimate of drug-likeness (QED) is 0.791. The summed E-state index contributed by atoms with van der Waals surface area (Å²) in [6.45, 7) is 2.77. The van der Waals surface area contributed by atoms with E-state index >= 15 is 0 Å². The lowest BCUT2D eigenvalue weighted by atomic mass is 9.76. The lowest BCUT2D eigenvalue weighted by Crippen LogP contribution is -2.50. The highest BCUT2D eigenvalue weighted by Crippen LogP contribution is 2.44. The van der Waals surface area contributed by atoms with Crippen LogP contribution in [0.4, 0.5) is 8.78 Å². The molecule has 0 radical (unpaired) electrons. The summed E-state index contributed by atoms with van der Waals surface area (Å²) in [4.78, 5) is 29.9. The van der Waals surface area contributed by atoms with Gasteiger partial charge in [0.1, 0.15) is 11.6 Å². The van der Waals surface area contributed by atoms with E-state index in [1.54, 1.807) is 0 Å². The summed E-state index contributed by atoms with van der Waals surface area (Å²) in [5, 5.41) is 0. The van der Waals surface area contributed by atoms with Crippen LogP contribution in [0.2, 0.25) is 0 Å². The largest absolute Gasteiger partial charge is 0.342 e. The fourth-order valence-corrected chi connectivity index (χ4v) is 5.28. The van der Waals surface area contributed by atoms with Gasteiger partial charge in [0.05, 0.1) is 5.41 Å². The summed E-state index contributed by atoms with van der Waals surface area (Å²) in [7, 11) is 0. The maximum Gasteiger partial charge on any atom is 0.233 e. The summed E-state index contributed by atoms with van der Waals surface area (Å²) >= 11 is 0. The van der Waals surface area contributed by atoms with Crippen molar-refractivity contribution in [2.75, 3.05) is 26.2 Å². The number of rotatable bonds is 3. The van der Waals surface area contributed by atoms with Gasteiger partial charge in [0.15, 0.2) is 0 Å². The van der Waals surface area contributed by atoms with Gasteiger partial charge in [-0.2, -0.15) is 0 Å². The van der Waals surface area contributed by atoms with Gasteiger partial charge < -0.3 is 9.80 Å². The summed E-state index contributed by atoms with van der Waals surface area (Å²) in [5.74, 6) is -1.09. The van der Waals surface area contributed by atoms with Crippen LogP contribution in [0.15, 0.2) is 18.2 Å². The van der Waals surface area contributed by atoms with E-state index in [0.29, 0.717) is 44.3 Å². The zero-order chi connectivity index (χ0) is 19.7. The third-order valence-corrected chi connectivity index (χ3v) is 6.86. The van der Waals surface area contributed by atoms with E-state index in [2.05, 4.69) is 0 Å². The number of benzene rings is 1. The van der Waals surface area contributed by atoms with Gasteiger partial charge >= 0.3 is 0 Å². The summed E-state index contributed by atoms with van der Waals surface area (Å²) in [6.07, 6.45) is 6.43. The van der Waals surface area contributed by atoms with Crippen molar-refractivity contribution in [2.45, 2.75) is 56.8 Å². The lowest BCUT2D eigenvalue weighted by Gasteiger charge is -2.39. The average molecular weight is 390 g/mol. The van der Waals surface area contributed by atoms with Crippen LogP contribution in [0, 0.1) is 17.6 Å². The zero-order valence-electron chi connectivity index (χ0n) is 16.3. The molecule has 1 aromatic carbocycles. The normalized spacial score (nSPS) is 22.6. The van der Waals surface area contributed by atoms with Crippen LogP contribution in [-0.2, 0) is 15.0 Å². The van der Waals surface area contributed by atoms with Crippen LogP contribution in [-0.4, -0.2) is 47.8 Å². The van der Waals surface area contributed by atoms with Crippen molar-refractivity contribution in [2.24, 2.45) is 5.92 Å². The minimum Gasteiger partial charge on any atom is -0.342 e. The number of nitrogens with zero attached hydrogens (tertiary/aromatic N) is 2. The first kappa shape index (κ1) is 19.3. The van der Waals surface area contributed by atoms with Gasteiger partial charge in [-0.05, 0) is 44.6 Å². The third-order valence-electron chi connectivity index (χ3n) is 6.86. The molecule has 3 fully saturated rings. The van der Waals surface area contributed by atoms with Gasteiger partial charge in [-0.15, -0.1) is 0 Å². The zero-order valence-corrected chi connectivity index (χ0v) is 16.3. The summed E-state index contributed by atoms with van der Waals surface area (Å²) in [6, 6.07) is 3.56. The third kappa shape index (κ3) is 3.42. The van der Waals surface area contributed by atoms with Crippen LogP contribution in [0.5, 0.6) is 0 Å². The van der Waals surface area contributed by atoms with E-state index < -0.39 is 17.0 Å². The number of amides is 2. The van der Waals surface area contributed by atoms with Crippen molar-refractivity contribution >= 4 is 11.8 Å². The molecule has 4 nitrogen and oxygen atoms in total. The maximum absolute atomic E-state index is 14.6. The van der Waals surface area contributed by atoms with E-state index in [9.17, 15) is 18.4 Å². The predicted molar refractivity (Wildman–Crippen MR) is 102 cm³/mol. The Labute approximate surface area is 164 Å². The first-order valence-electron chi connectivity index (χ1n) is 10.5. The molecule has 28 heavy (non-hydrogen) atoms. The first-order valence-corrected chi connectivity index (χ1v) is 10.5. The number of hydrogen-bond donors (Lipinski definition) is 0. The molecule has 0 bridgehead atoms. The fraction of sp³-hybridized carbons (Fsp3) is 0.636. The number of piperidine rings is 1. The fourth-order valence-electron chi connectivity index (χ4n) is 5.28. The highest BCUT2D eigenvalue weighted by Gasteiger charge is 2.47. The molecule has 2 aliphatic heterocycles. The number of hydrogen-bond acceptors (Lipinski definition) is 2. The number of halogens is 2. The maximum atomic E-state index is 14.6. The molecule has 3 aliphatic rings. The molecular weight excluding hydrogens is 362 g/mol. The Morgan fingerprint density at radius 3 is 2.14 bits per heavy atom. The van der Waals surface area contributed by atoms with E-state index in [-0.39, 0.29) is 17.7 Å². The van der Waals surface area contributed by atoms with E-state index in [0.717, 1.165) is 44.8 Å². The number of carbonyl (C=O) groups is 2. The van der Waals surface area contributed by atoms with Crippen LogP contribution < -0.4 is 0 Å². The molecular formula is C22H28F2N2O2. The van der Waals surface area contributed by atoms with Crippen molar-refractivity contribution in [3.05, 3.63) is 35.4 Å². The molecule has 2 amide bonds. The molecule has 4 rings (SSSR count). The molecule has 0 unspecified atom stereocenters. The van der Waals surface area contributed by atoms with Gasteiger partial charge in [0, 0.05) is 43.7 Å². The Bertz CT molecular complexity index is 747. The van der Waals surface area contributed by atoms with Crippen LogP contribution >= 0.6 is 0 Å². The van der Waals surface area contributed by atoms with Crippen molar-refractivity contribution < 1.29 is 18.4 Å². The second-order valence-corrected chi connectivity index (χ2v) is 8.51. The van der Waals surface area contributed by atoms with Crippen molar-refractivity contribution in [3.63, 3.8) is 0 Å². The molecule has 1 aliphatic carbocycles. The van der Waals surface area contributed by atoms with Crippen LogP contribution in [0.3, 0.4) is 0 Å². The molecule has 2 saturated heterocycles. The van der Waals surface area contributed by atoms with Gasteiger partial charge in [0.25, 0.3) is 0 Å². The molecule has 2 heterocycles. The van der Waals surface area contributed by atoms with Gasteiger partial charge in [-0.1, -0.05) is 18.9 Å². The lowest BCUT2D eigenvalue weighted by molar-refractivity contribution is -0.143. The molecule has 1 aromatic rings. The van der Waals surface area contributed by atoms with E-state index in [1.165, 1.54) is 12.1 Å². The second kappa shape index (κ2) is 7.80. The van der Waals surface area contributed by atoms with Crippen molar-refractivity contribution in [1.82, 2.24) is 9.80 Å². The van der Waals surface area contributed by atoms with Gasteiger partial charge in [-0.25, -0.2) is 8.78 Å². The van der Waals surface area contributed by atoms with E-state index in [1.807, 2.05) is 9.80 Å². The SMILES string of the molecule is O=C(C1CCN(C(=O)C2(c3ccc(F)cc3F)CCCC2)CC1)N1CCCC1. The second-order valence-electron chi connectivity index (χ2n) is 8.51. The topological polar surface area (TPSA) is 40.6 Å². The molecule has 0 spiro atoms. The standard InChI is InChI=1S/C22H28F2N2O2/c23-17-5-6-18(19(24)15-17)22(9-1-2-10-22)21(28)26-13-7-16(8-14-26)20(27)25-11-3-4-12-25/h5-6,15-16H,1-4,7-14H2. The minimum atomic E-state index is -0.885. The predicted octanol–water partition coefficient (Wildman–Crippen LogP) is 3.64. The van der Waals surface area contributed by atoms with Crippen molar-refractivity contribution in [3.8, 4) is 0 Å². The summed E-state index contributed by atoms with van der Waals surface area (Å²) in [5.41, 5.74) is -0.560. The van der Waals surface area contributed by atoms with Crippen molar-refractivity contribution in [1.29, 1.82) is 0 Å². The number of likely N-dealkylation sites (tertiary alicyclic amines) is 2. The molecule has 6 heteroatoms. The molecule has 0 aromatic heterocycles. The number of carbonyl (C=O) groups excluding carboxylic acids is 2. The monoisotopic (exact) mass is 390 g/mol. The highest BCUT2D eigenvalue weighted by molar-refractivity contribution is 5.89. The van der Waals surface area contributed by atoms with Gasteiger partial charge in [-0.3, -0.25) is 9.59 Å². The Hall–Kier alpha value is -1.98. The molecule has 152 valence electrons. The summed E-state index contributed by atoms with van der Waals surface area (Å²) < 4.78 is 27.9. The Balaban J connectivity index is 1.48. The van der Waals surface area contributed by atoms with E-state index in [4.69, 9.17) is 0 Å². The Morgan fingerprint density at radius 1 is 0.893 bits per heavy atom. The minimum absolute atomic E-state index is 0.00997. The molecule has 0 atom stereocenters. The average Bonchev–Trinajstić information content (AvgIpc) is 3.40. The van der Waals surface area contributed by atoms with Gasteiger partial charge in [0.2, 0.25) is 11.8 Å². The molecule has 1 saturated carbocycles. The van der Waals surface area contributed by atoms with Crippen LogP contribution in [0.25, 0.3) is 0 Å². The van der Waals surface area contributed by atoms with Crippen LogP contribution in [0.1, 0.15) is 56.9 Å². The highest BCUT2D eigenvalue weighted by atomic mass is 19.1. The smallest absolute Gasteiger partial charge is 0.233 e. The first-order chi connectivity index (χ1) is 13.5.